The number of nitrogen functional groups attached to an aromatic ring is 1. The van der Waals surface area contributed by atoms with Crippen molar-refractivity contribution in [1.29, 1.82) is 0 Å². The molecule has 1 heterocycles. The van der Waals surface area contributed by atoms with E-state index in [2.05, 4.69) is 5.32 Å². The quantitative estimate of drug-likeness (QED) is 0.689. The number of esters is 1. The molecule has 1 aromatic rings. The van der Waals surface area contributed by atoms with Crippen molar-refractivity contribution >= 4 is 33.9 Å². The summed E-state index contributed by atoms with van der Waals surface area (Å²) in [5.74, 6) is -0.809. The molecule has 0 aliphatic heterocycles. The van der Waals surface area contributed by atoms with Crippen LogP contribution in [-0.4, -0.2) is 25.0 Å². The van der Waals surface area contributed by atoms with Crippen molar-refractivity contribution < 1.29 is 14.3 Å². The van der Waals surface area contributed by atoms with Crippen molar-refractivity contribution in [2.24, 2.45) is 11.7 Å². The van der Waals surface area contributed by atoms with Crippen LogP contribution in [0.3, 0.4) is 0 Å². The standard InChI is InChI=1S/C12H19N3O3S/c1-4-18-12(17)9-8(13)7(10(14)16)11(19-9)15-5-6(2)3/h6,15H,4-5,13H2,1-3H3,(H2,14,16). The molecule has 0 bridgehead atoms. The average Bonchev–Trinajstić information content (AvgIpc) is 2.64. The predicted molar refractivity (Wildman–Crippen MR) is 76.5 cm³/mol. The van der Waals surface area contributed by atoms with Gasteiger partial charge >= 0.3 is 5.97 Å². The first-order valence-corrected chi connectivity index (χ1v) is 6.83. The fraction of sp³-hybridized carbons (Fsp3) is 0.500. The lowest BCUT2D eigenvalue weighted by Crippen LogP contribution is -2.16. The van der Waals surface area contributed by atoms with Crippen molar-refractivity contribution in [2.45, 2.75) is 20.8 Å². The van der Waals surface area contributed by atoms with E-state index in [-0.39, 0.29) is 22.7 Å². The molecule has 0 saturated heterocycles. The Labute approximate surface area is 116 Å². The van der Waals surface area contributed by atoms with Gasteiger partial charge in [-0.25, -0.2) is 4.79 Å². The van der Waals surface area contributed by atoms with Gasteiger partial charge in [-0.15, -0.1) is 11.3 Å². The van der Waals surface area contributed by atoms with Crippen molar-refractivity contribution in [3.8, 4) is 0 Å². The van der Waals surface area contributed by atoms with Crippen LogP contribution < -0.4 is 16.8 Å². The van der Waals surface area contributed by atoms with Crippen LogP contribution in [0.1, 0.15) is 40.8 Å². The average molecular weight is 285 g/mol. The first kappa shape index (κ1) is 15.3. The van der Waals surface area contributed by atoms with Crippen molar-refractivity contribution in [2.75, 3.05) is 24.2 Å². The summed E-state index contributed by atoms with van der Waals surface area (Å²) in [7, 11) is 0. The van der Waals surface area contributed by atoms with Crippen LogP contribution in [0.25, 0.3) is 0 Å². The van der Waals surface area contributed by atoms with E-state index in [0.29, 0.717) is 17.5 Å². The molecule has 0 spiro atoms. The molecular weight excluding hydrogens is 266 g/mol. The lowest BCUT2D eigenvalue weighted by Gasteiger charge is -2.07. The summed E-state index contributed by atoms with van der Waals surface area (Å²) >= 11 is 1.09. The molecule has 5 N–H and O–H groups in total. The number of thiophene rings is 1. The minimum atomic E-state index is -0.657. The van der Waals surface area contributed by atoms with Gasteiger partial charge in [0.1, 0.15) is 9.88 Å². The maximum absolute atomic E-state index is 11.7. The minimum absolute atomic E-state index is 0.0854. The maximum atomic E-state index is 11.7. The number of ether oxygens (including phenoxy) is 1. The SMILES string of the molecule is CCOC(=O)c1sc(NCC(C)C)c(C(N)=O)c1N. The van der Waals surface area contributed by atoms with Crippen molar-refractivity contribution in [3.05, 3.63) is 10.4 Å². The number of hydrogen-bond donors (Lipinski definition) is 3. The number of anilines is 2. The molecule has 0 unspecified atom stereocenters. The molecule has 19 heavy (non-hydrogen) atoms. The number of nitrogens with one attached hydrogen (secondary N) is 1. The van der Waals surface area contributed by atoms with Gasteiger partial charge in [-0.05, 0) is 12.8 Å². The molecule has 0 atom stereocenters. The molecular formula is C12H19N3O3S. The van der Waals surface area contributed by atoms with Crippen molar-refractivity contribution in [3.63, 3.8) is 0 Å². The molecule has 7 heteroatoms. The smallest absolute Gasteiger partial charge is 0.350 e. The van der Waals surface area contributed by atoms with Crippen LogP contribution in [0.5, 0.6) is 0 Å². The number of hydrogen-bond acceptors (Lipinski definition) is 6. The van der Waals surface area contributed by atoms with E-state index in [4.69, 9.17) is 16.2 Å². The Morgan fingerprint density at radius 2 is 2.05 bits per heavy atom. The summed E-state index contributed by atoms with van der Waals surface area (Å²) in [6.07, 6.45) is 0. The molecule has 0 aliphatic rings. The van der Waals surface area contributed by atoms with E-state index < -0.39 is 11.9 Å². The number of rotatable bonds is 6. The Balaban J connectivity index is 3.12. The first-order valence-electron chi connectivity index (χ1n) is 6.01. The van der Waals surface area contributed by atoms with Crippen LogP contribution in [0, 0.1) is 5.92 Å². The highest BCUT2D eigenvalue weighted by Crippen LogP contribution is 2.36. The van der Waals surface area contributed by atoms with Crippen LogP contribution in [0.2, 0.25) is 0 Å². The van der Waals surface area contributed by atoms with Crippen LogP contribution in [-0.2, 0) is 4.74 Å². The minimum Gasteiger partial charge on any atom is -0.462 e. The van der Waals surface area contributed by atoms with E-state index in [1.165, 1.54) is 0 Å². The summed E-state index contributed by atoms with van der Waals surface area (Å²) in [5, 5.41) is 3.60. The van der Waals surface area contributed by atoms with E-state index in [0.717, 1.165) is 11.3 Å². The Morgan fingerprint density at radius 1 is 1.42 bits per heavy atom. The zero-order valence-corrected chi connectivity index (χ0v) is 12.1. The van der Waals surface area contributed by atoms with Gasteiger partial charge in [0.2, 0.25) is 0 Å². The van der Waals surface area contributed by atoms with Gasteiger partial charge in [0.15, 0.2) is 0 Å². The van der Waals surface area contributed by atoms with Crippen molar-refractivity contribution in [1.82, 2.24) is 0 Å². The fourth-order valence-electron chi connectivity index (χ4n) is 1.46. The van der Waals surface area contributed by atoms with Gasteiger partial charge in [0, 0.05) is 6.54 Å². The lowest BCUT2D eigenvalue weighted by molar-refractivity contribution is 0.0533. The second-order valence-corrected chi connectivity index (χ2v) is 5.43. The van der Waals surface area contributed by atoms with E-state index in [9.17, 15) is 9.59 Å². The van der Waals surface area contributed by atoms with Crippen LogP contribution >= 0.6 is 11.3 Å². The normalized spacial score (nSPS) is 10.5. The number of nitrogens with two attached hydrogens (primary N) is 2. The van der Waals surface area contributed by atoms with Gasteiger partial charge in [0.25, 0.3) is 5.91 Å². The molecule has 1 amide bonds. The molecule has 1 rings (SSSR count). The first-order chi connectivity index (χ1) is 8.88. The molecule has 1 aromatic heterocycles. The Hall–Kier alpha value is -1.76. The third kappa shape index (κ3) is 3.60. The highest BCUT2D eigenvalue weighted by atomic mass is 32.1. The van der Waals surface area contributed by atoms with Gasteiger partial charge in [-0.2, -0.15) is 0 Å². The third-order valence-corrected chi connectivity index (χ3v) is 3.47. The lowest BCUT2D eigenvalue weighted by atomic mass is 10.2. The Kier molecular flexibility index (Phi) is 5.17. The molecule has 106 valence electrons. The second-order valence-electron chi connectivity index (χ2n) is 4.41. The van der Waals surface area contributed by atoms with Gasteiger partial charge in [-0.1, -0.05) is 13.8 Å². The van der Waals surface area contributed by atoms with Gasteiger partial charge < -0.3 is 21.5 Å². The number of primary amides is 1. The summed E-state index contributed by atoms with van der Waals surface area (Å²) < 4.78 is 4.89. The topological polar surface area (TPSA) is 107 Å². The third-order valence-electron chi connectivity index (χ3n) is 2.32. The van der Waals surface area contributed by atoms with Gasteiger partial charge in [-0.3, -0.25) is 4.79 Å². The molecule has 6 nitrogen and oxygen atoms in total. The Bertz CT molecular complexity index is 483. The largest absolute Gasteiger partial charge is 0.462 e. The predicted octanol–water partition coefficient (Wildman–Crippen LogP) is 1.67. The maximum Gasteiger partial charge on any atom is 0.350 e. The summed E-state index contributed by atoms with van der Waals surface area (Å²) in [4.78, 5) is 23.4. The molecule has 0 radical (unpaired) electrons. The zero-order chi connectivity index (χ0) is 14.6. The summed E-state index contributed by atoms with van der Waals surface area (Å²) in [6.45, 7) is 6.66. The van der Waals surface area contributed by atoms with E-state index in [1.807, 2.05) is 13.8 Å². The molecule has 0 aliphatic carbocycles. The van der Waals surface area contributed by atoms with Gasteiger partial charge in [0.05, 0.1) is 17.9 Å². The summed E-state index contributed by atoms with van der Waals surface area (Å²) in [5.41, 5.74) is 11.4. The molecule has 0 saturated carbocycles. The number of amides is 1. The second kappa shape index (κ2) is 6.42. The fourth-order valence-corrected chi connectivity index (χ4v) is 2.48. The Morgan fingerprint density at radius 3 is 2.53 bits per heavy atom. The van der Waals surface area contributed by atoms with E-state index >= 15 is 0 Å². The highest BCUT2D eigenvalue weighted by molar-refractivity contribution is 7.19. The monoisotopic (exact) mass is 285 g/mol. The molecule has 0 aromatic carbocycles. The highest BCUT2D eigenvalue weighted by Gasteiger charge is 2.24. The number of carbonyl (C=O) groups is 2. The van der Waals surface area contributed by atoms with E-state index in [1.54, 1.807) is 6.92 Å². The van der Waals surface area contributed by atoms with Crippen LogP contribution in [0.4, 0.5) is 10.7 Å². The van der Waals surface area contributed by atoms with Crippen LogP contribution in [0.15, 0.2) is 0 Å². The molecule has 0 fully saturated rings. The zero-order valence-electron chi connectivity index (χ0n) is 11.3. The summed E-state index contributed by atoms with van der Waals surface area (Å²) in [6, 6.07) is 0. The number of carbonyl (C=O) groups excluding carboxylic acids is 2.